The Morgan fingerprint density at radius 1 is 1.23 bits per heavy atom. The van der Waals surface area contributed by atoms with Gasteiger partial charge in [-0.25, -0.2) is 14.3 Å². The van der Waals surface area contributed by atoms with Gasteiger partial charge < -0.3 is 14.7 Å². The summed E-state index contributed by atoms with van der Waals surface area (Å²) in [7, 11) is 0. The first kappa shape index (κ1) is 19.7. The van der Waals surface area contributed by atoms with E-state index in [9.17, 15) is 9.90 Å². The minimum absolute atomic E-state index is 0.0348. The van der Waals surface area contributed by atoms with Crippen LogP contribution in [-0.2, 0) is 6.42 Å². The van der Waals surface area contributed by atoms with Crippen LogP contribution in [0.3, 0.4) is 0 Å². The van der Waals surface area contributed by atoms with E-state index in [0.29, 0.717) is 50.3 Å². The highest BCUT2D eigenvalue weighted by Gasteiger charge is 2.25. The topological polar surface area (TPSA) is 98.3 Å². The van der Waals surface area contributed by atoms with Crippen LogP contribution in [0.2, 0.25) is 0 Å². The zero-order valence-electron chi connectivity index (χ0n) is 17.7. The number of carbonyl (C=O) groups is 1. The lowest BCUT2D eigenvalue weighted by Gasteiger charge is -2.29. The third kappa shape index (κ3) is 3.59. The Balaban J connectivity index is 1.52. The summed E-state index contributed by atoms with van der Waals surface area (Å²) < 4.78 is 9.63. The number of nitrogens with zero attached hydrogens (tertiary/aromatic N) is 6. The molecule has 9 nitrogen and oxygen atoms in total. The molecule has 1 aromatic carbocycles. The number of piperidine rings is 1. The van der Waals surface area contributed by atoms with Crippen LogP contribution in [0.1, 0.15) is 48.8 Å². The molecule has 0 radical (unpaired) electrons. The first-order chi connectivity index (χ1) is 15.0. The van der Waals surface area contributed by atoms with Crippen molar-refractivity contribution in [3.8, 4) is 23.0 Å². The van der Waals surface area contributed by atoms with Gasteiger partial charge in [-0.3, -0.25) is 4.79 Å². The Bertz CT molecular complexity index is 1110. The normalized spacial score (nSPS) is 16.6. The van der Waals surface area contributed by atoms with Gasteiger partial charge in [-0.15, -0.1) is 0 Å². The van der Waals surface area contributed by atoms with Gasteiger partial charge in [-0.2, -0.15) is 10.2 Å². The highest BCUT2D eigenvalue weighted by molar-refractivity contribution is 5.95. The number of aromatic nitrogens is 5. The molecule has 1 saturated heterocycles. The Morgan fingerprint density at radius 3 is 2.81 bits per heavy atom. The predicted molar refractivity (Wildman–Crippen MR) is 113 cm³/mol. The fourth-order valence-electron chi connectivity index (χ4n) is 4.18. The van der Waals surface area contributed by atoms with Crippen LogP contribution in [0.5, 0.6) is 5.75 Å². The molecule has 0 saturated carbocycles. The zero-order chi connectivity index (χ0) is 21.5. The molecular weight excluding hydrogens is 396 g/mol. The number of amides is 1. The molecule has 162 valence electrons. The van der Waals surface area contributed by atoms with E-state index in [-0.39, 0.29) is 18.1 Å². The number of rotatable bonds is 3. The highest BCUT2D eigenvalue weighted by Crippen LogP contribution is 2.31. The highest BCUT2D eigenvalue weighted by atomic mass is 16.5. The average molecular weight is 422 g/mol. The van der Waals surface area contributed by atoms with Gasteiger partial charge in [0.2, 0.25) is 0 Å². The molecule has 0 atom stereocenters. The SMILES string of the molecule is CC(C)n1ncnc1-c1cc2n(n1)-c1cc(C(=O)N3CCC(O)CC3)ccc1OCC2. The standard InChI is InChI=1S/C22H26N6O3/c1-14(2)27-21(23-13-24-27)18-12-16-7-10-31-20-4-3-15(11-19(20)28(16)25-18)22(30)26-8-5-17(29)6-9-26/h3-4,11-14,17,29H,5-10H2,1-2H3. The average Bonchev–Trinajstić information content (AvgIpc) is 3.38. The fraction of sp³-hybridized carbons (Fsp3) is 0.455. The van der Waals surface area contributed by atoms with Crippen molar-refractivity contribution in [2.45, 2.75) is 45.3 Å². The maximum atomic E-state index is 13.1. The number of fused-ring (bicyclic) bond motifs is 3. The summed E-state index contributed by atoms with van der Waals surface area (Å²) in [6.07, 6.45) is 3.16. The van der Waals surface area contributed by atoms with Gasteiger partial charge in [0.25, 0.3) is 5.91 Å². The van der Waals surface area contributed by atoms with E-state index >= 15 is 0 Å². The second-order valence-electron chi connectivity index (χ2n) is 8.36. The van der Waals surface area contributed by atoms with E-state index in [2.05, 4.69) is 23.9 Å². The van der Waals surface area contributed by atoms with Crippen LogP contribution in [0.15, 0.2) is 30.6 Å². The summed E-state index contributed by atoms with van der Waals surface area (Å²) in [4.78, 5) is 19.3. The summed E-state index contributed by atoms with van der Waals surface area (Å²) in [5.41, 5.74) is 3.08. The molecule has 9 heteroatoms. The van der Waals surface area contributed by atoms with Gasteiger partial charge in [-0.05, 0) is 51.0 Å². The quantitative estimate of drug-likeness (QED) is 0.695. The molecule has 0 bridgehead atoms. The second kappa shape index (κ2) is 7.81. The Labute approximate surface area is 180 Å². The molecular formula is C22H26N6O3. The number of hydrogen-bond donors (Lipinski definition) is 1. The predicted octanol–water partition coefficient (Wildman–Crippen LogP) is 2.24. The lowest BCUT2D eigenvalue weighted by molar-refractivity contribution is 0.0546. The van der Waals surface area contributed by atoms with Crippen LogP contribution in [-0.4, -0.2) is 66.3 Å². The molecule has 1 fully saturated rings. The largest absolute Gasteiger partial charge is 0.491 e. The van der Waals surface area contributed by atoms with E-state index in [1.54, 1.807) is 17.3 Å². The summed E-state index contributed by atoms with van der Waals surface area (Å²) in [5.74, 6) is 1.38. The van der Waals surface area contributed by atoms with Crippen LogP contribution in [0.4, 0.5) is 0 Å². The summed E-state index contributed by atoms with van der Waals surface area (Å²) >= 11 is 0. The number of benzene rings is 1. The lowest BCUT2D eigenvalue weighted by atomic mass is 10.1. The van der Waals surface area contributed by atoms with Crippen molar-refractivity contribution in [2.75, 3.05) is 19.7 Å². The molecule has 2 aliphatic heterocycles. The van der Waals surface area contributed by atoms with E-state index in [0.717, 1.165) is 22.9 Å². The van der Waals surface area contributed by atoms with Crippen molar-refractivity contribution in [3.05, 3.63) is 41.9 Å². The van der Waals surface area contributed by atoms with E-state index in [4.69, 9.17) is 9.84 Å². The first-order valence-corrected chi connectivity index (χ1v) is 10.7. The monoisotopic (exact) mass is 422 g/mol. The summed E-state index contributed by atoms with van der Waals surface area (Å²) in [6, 6.07) is 7.68. The van der Waals surface area contributed by atoms with Crippen molar-refractivity contribution >= 4 is 5.91 Å². The molecule has 2 aromatic heterocycles. The minimum Gasteiger partial charge on any atom is -0.491 e. The van der Waals surface area contributed by atoms with E-state index in [1.807, 2.05) is 27.6 Å². The van der Waals surface area contributed by atoms with Gasteiger partial charge >= 0.3 is 0 Å². The third-order valence-corrected chi connectivity index (χ3v) is 5.88. The minimum atomic E-state index is -0.317. The molecule has 5 rings (SSSR count). The molecule has 0 unspecified atom stereocenters. The van der Waals surface area contributed by atoms with Crippen molar-refractivity contribution < 1.29 is 14.6 Å². The molecule has 31 heavy (non-hydrogen) atoms. The zero-order valence-corrected chi connectivity index (χ0v) is 17.7. The molecule has 0 spiro atoms. The number of hydrogen-bond acceptors (Lipinski definition) is 6. The van der Waals surface area contributed by atoms with Gasteiger partial charge in [0.05, 0.1) is 12.7 Å². The Hall–Kier alpha value is -3.20. The van der Waals surface area contributed by atoms with Crippen molar-refractivity contribution in [2.24, 2.45) is 0 Å². The van der Waals surface area contributed by atoms with E-state index < -0.39 is 0 Å². The molecule has 1 amide bonds. The molecule has 3 aromatic rings. The third-order valence-electron chi connectivity index (χ3n) is 5.88. The molecule has 0 aliphatic carbocycles. The van der Waals surface area contributed by atoms with Gasteiger partial charge in [0.15, 0.2) is 5.82 Å². The first-order valence-electron chi connectivity index (χ1n) is 10.7. The number of likely N-dealkylation sites (tertiary alicyclic amines) is 1. The van der Waals surface area contributed by atoms with Crippen molar-refractivity contribution in [1.29, 1.82) is 0 Å². The Kier molecular flexibility index (Phi) is 4.97. The second-order valence-corrected chi connectivity index (χ2v) is 8.36. The maximum Gasteiger partial charge on any atom is 0.253 e. The van der Waals surface area contributed by atoms with Crippen molar-refractivity contribution in [1.82, 2.24) is 29.4 Å². The van der Waals surface area contributed by atoms with Gasteiger partial charge in [0, 0.05) is 36.8 Å². The van der Waals surface area contributed by atoms with Gasteiger partial charge in [-0.1, -0.05) is 0 Å². The van der Waals surface area contributed by atoms with Crippen LogP contribution in [0.25, 0.3) is 17.2 Å². The maximum absolute atomic E-state index is 13.1. The number of carbonyl (C=O) groups excluding carboxylic acids is 1. The molecule has 4 heterocycles. The smallest absolute Gasteiger partial charge is 0.253 e. The molecule has 2 aliphatic rings. The summed E-state index contributed by atoms with van der Waals surface area (Å²) in [5, 5.41) is 18.9. The van der Waals surface area contributed by atoms with Crippen LogP contribution in [0, 0.1) is 0 Å². The molecule has 1 N–H and O–H groups in total. The van der Waals surface area contributed by atoms with Gasteiger partial charge in [0.1, 0.15) is 23.5 Å². The number of ether oxygens (including phenoxy) is 1. The Morgan fingerprint density at radius 2 is 2.03 bits per heavy atom. The summed E-state index contributed by atoms with van der Waals surface area (Å²) in [6.45, 7) is 5.78. The van der Waals surface area contributed by atoms with E-state index in [1.165, 1.54) is 0 Å². The van der Waals surface area contributed by atoms with Crippen LogP contribution >= 0.6 is 0 Å². The van der Waals surface area contributed by atoms with Crippen molar-refractivity contribution in [3.63, 3.8) is 0 Å². The number of aliphatic hydroxyl groups is 1. The number of aliphatic hydroxyl groups excluding tert-OH is 1. The fourth-order valence-corrected chi connectivity index (χ4v) is 4.18. The lowest BCUT2D eigenvalue weighted by Crippen LogP contribution is -2.40. The van der Waals surface area contributed by atoms with Crippen LogP contribution < -0.4 is 4.74 Å².